The van der Waals surface area contributed by atoms with Gasteiger partial charge in [0.05, 0.1) is 64.6 Å². The number of carbonyl (C=O) groups is 2. The topological polar surface area (TPSA) is 118 Å². The summed E-state index contributed by atoms with van der Waals surface area (Å²) in [6, 6.07) is 25.4. The molecule has 7 rings (SSSR count). The van der Waals surface area contributed by atoms with Crippen molar-refractivity contribution in [2.75, 3.05) is 45.3 Å². The number of benzene rings is 6. The number of fused-ring (bicyclic) bond motifs is 2. The number of methoxy groups -OCH3 is 1. The van der Waals surface area contributed by atoms with Gasteiger partial charge in [0.2, 0.25) is 5.13 Å². The molecule has 0 saturated heterocycles. The lowest BCUT2D eigenvalue weighted by Crippen LogP contribution is -2.22. The minimum Gasteiger partial charge on any atom is -0.490 e. The lowest BCUT2D eigenvalue weighted by atomic mass is 10.1. The molecule has 67 heavy (non-hydrogen) atoms. The molecule has 17 heteroatoms. The van der Waals surface area contributed by atoms with Crippen LogP contribution in [0.25, 0.3) is 21.0 Å². The van der Waals surface area contributed by atoms with Crippen molar-refractivity contribution in [1.82, 2.24) is 4.98 Å². The summed E-state index contributed by atoms with van der Waals surface area (Å²) in [5.41, 5.74) is 0.884. The third kappa shape index (κ3) is 12.1. The van der Waals surface area contributed by atoms with Crippen LogP contribution in [0.5, 0.6) is 17.2 Å². The molecule has 0 atom stereocenters. The van der Waals surface area contributed by atoms with Gasteiger partial charge in [0.15, 0.2) is 23.2 Å². The second-order valence-corrected chi connectivity index (χ2v) is 15.5. The predicted molar refractivity (Wildman–Crippen MR) is 247 cm³/mol. The van der Waals surface area contributed by atoms with Gasteiger partial charge in [0.25, 0.3) is 0 Å². The first kappa shape index (κ1) is 47.7. The number of nitrogens with zero attached hydrogens (tertiary/aromatic N) is 3. The number of para-hydroxylation sites is 1. The standard InChI is InChI=1S/C50H38ClF4N3O8S/c1-3-44(59)64-24-6-23-63-42-20-16-33-27-34(15-19-37(33)48(42)55)49(60)66-40-21-22-41(65-29-35-14-13-32(46(53)47(35)54)12-9-31-10-17-36(52)18-11-31)45(51)38(40)28-56-58(30-62-26-25-61-2)50-57-39-7-4-5-8-43(39)67-50/h3-5,7-8,10-11,13-22,27-28H,1,6,23-26,29-30H2,2H3/b56-28+. The Morgan fingerprint density at radius 3 is 2.42 bits per heavy atom. The molecular formula is C50H38ClF4N3O8S. The maximum absolute atomic E-state index is 15.5. The molecule has 0 unspecified atom stereocenters. The Morgan fingerprint density at radius 2 is 1.63 bits per heavy atom. The highest BCUT2D eigenvalue weighted by molar-refractivity contribution is 7.22. The zero-order chi connectivity index (χ0) is 47.3. The van der Waals surface area contributed by atoms with Crippen molar-refractivity contribution in [3.8, 4) is 29.1 Å². The fourth-order valence-corrected chi connectivity index (χ4v) is 7.34. The number of thiazole rings is 1. The number of hydrogen-bond acceptors (Lipinski definition) is 12. The summed E-state index contributed by atoms with van der Waals surface area (Å²) in [7, 11) is 1.54. The molecule has 0 saturated carbocycles. The number of carbonyl (C=O) groups excluding carboxylic acids is 2. The van der Waals surface area contributed by atoms with E-state index in [1.165, 1.54) is 95.4 Å². The van der Waals surface area contributed by atoms with E-state index >= 15 is 13.2 Å². The van der Waals surface area contributed by atoms with Gasteiger partial charge in [0.1, 0.15) is 30.7 Å². The molecule has 0 aliphatic heterocycles. The number of ether oxygens (including phenoxy) is 6. The molecule has 0 aliphatic carbocycles. The summed E-state index contributed by atoms with van der Waals surface area (Å²) in [5, 5.41) is 7.02. The van der Waals surface area contributed by atoms with Crippen LogP contribution in [0.15, 0.2) is 121 Å². The minimum atomic E-state index is -1.20. The maximum Gasteiger partial charge on any atom is 0.343 e. The van der Waals surface area contributed by atoms with E-state index in [4.69, 9.17) is 45.0 Å². The maximum atomic E-state index is 15.5. The van der Waals surface area contributed by atoms with Crippen LogP contribution in [-0.2, 0) is 25.6 Å². The summed E-state index contributed by atoms with van der Waals surface area (Å²) in [5.74, 6) is 0.242. The van der Waals surface area contributed by atoms with Gasteiger partial charge >= 0.3 is 11.9 Å². The van der Waals surface area contributed by atoms with Gasteiger partial charge in [-0.05, 0) is 78.2 Å². The van der Waals surface area contributed by atoms with Crippen molar-refractivity contribution in [3.63, 3.8) is 0 Å². The van der Waals surface area contributed by atoms with Crippen LogP contribution >= 0.6 is 22.9 Å². The zero-order valence-electron chi connectivity index (χ0n) is 35.5. The Bertz CT molecular complexity index is 3000. The fourth-order valence-electron chi connectivity index (χ4n) is 6.17. The monoisotopic (exact) mass is 951 g/mol. The third-order valence-electron chi connectivity index (χ3n) is 9.62. The third-order valence-corrected chi connectivity index (χ3v) is 11.1. The molecule has 6 aromatic carbocycles. The summed E-state index contributed by atoms with van der Waals surface area (Å²) in [6.07, 6.45) is 2.68. The number of anilines is 1. The smallest absolute Gasteiger partial charge is 0.343 e. The predicted octanol–water partition coefficient (Wildman–Crippen LogP) is 10.8. The number of esters is 2. The Kier molecular flexibility index (Phi) is 16.2. The average Bonchev–Trinajstić information content (AvgIpc) is 3.78. The van der Waals surface area contributed by atoms with Crippen molar-refractivity contribution < 1.29 is 55.6 Å². The van der Waals surface area contributed by atoms with Crippen molar-refractivity contribution in [1.29, 1.82) is 0 Å². The quantitative estimate of drug-likeness (QED) is 0.00892. The zero-order valence-corrected chi connectivity index (χ0v) is 37.1. The highest BCUT2D eigenvalue weighted by Crippen LogP contribution is 2.36. The van der Waals surface area contributed by atoms with E-state index < -0.39 is 41.8 Å². The van der Waals surface area contributed by atoms with Gasteiger partial charge in [-0.3, -0.25) is 0 Å². The summed E-state index contributed by atoms with van der Waals surface area (Å²) in [4.78, 5) is 29.7. The minimum absolute atomic E-state index is 0.00256. The largest absolute Gasteiger partial charge is 0.490 e. The highest BCUT2D eigenvalue weighted by atomic mass is 35.5. The number of rotatable bonds is 19. The number of aromatic nitrogens is 1. The van der Waals surface area contributed by atoms with E-state index in [0.29, 0.717) is 29.1 Å². The average molecular weight is 952 g/mol. The van der Waals surface area contributed by atoms with Gasteiger partial charge < -0.3 is 28.4 Å². The molecule has 11 nitrogen and oxygen atoms in total. The fraction of sp³-hybridized carbons (Fsp3) is 0.160. The van der Waals surface area contributed by atoms with Crippen molar-refractivity contribution in [2.24, 2.45) is 5.10 Å². The van der Waals surface area contributed by atoms with E-state index in [2.05, 4.69) is 23.5 Å². The van der Waals surface area contributed by atoms with Gasteiger partial charge in [-0.1, -0.05) is 71.7 Å². The van der Waals surface area contributed by atoms with E-state index in [9.17, 15) is 14.0 Å². The van der Waals surface area contributed by atoms with E-state index in [1.54, 1.807) is 13.2 Å². The van der Waals surface area contributed by atoms with Gasteiger partial charge in [-0.2, -0.15) is 5.10 Å². The Balaban J connectivity index is 1.15. The molecule has 0 aliphatic rings. The van der Waals surface area contributed by atoms with Crippen LogP contribution in [0, 0.1) is 35.1 Å². The van der Waals surface area contributed by atoms with Crippen LogP contribution < -0.4 is 19.2 Å². The normalized spacial score (nSPS) is 11.1. The van der Waals surface area contributed by atoms with E-state index in [-0.39, 0.29) is 76.5 Å². The Labute approximate surface area is 390 Å². The molecule has 0 radical (unpaired) electrons. The number of halogens is 5. The van der Waals surface area contributed by atoms with Crippen LogP contribution in [0.1, 0.15) is 39.0 Å². The van der Waals surface area contributed by atoms with Crippen molar-refractivity contribution in [3.05, 3.63) is 172 Å². The molecule has 0 fully saturated rings. The van der Waals surface area contributed by atoms with Crippen LogP contribution in [-0.4, -0.2) is 63.4 Å². The van der Waals surface area contributed by atoms with Crippen LogP contribution in [0.4, 0.5) is 22.7 Å². The Morgan fingerprint density at radius 1 is 0.836 bits per heavy atom. The van der Waals surface area contributed by atoms with Crippen LogP contribution in [0.2, 0.25) is 5.02 Å². The molecular weight excluding hydrogens is 914 g/mol. The van der Waals surface area contributed by atoms with Gasteiger partial charge in [-0.15, -0.1) is 0 Å². The molecule has 0 spiro atoms. The SMILES string of the molecule is C=CC(=O)OCCCOc1ccc2cc(C(=O)Oc3ccc(OCc4ccc(C#Cc5ccc(F)cc5)c(F)c4F)c(Cl)c3/C=N/N(COCCOC)c3nc4ccccc4s3)ccc2c1F. The molecule has 1 aromatic heterocycles. The molecule has 342 valence electrons. The van der Waals surface area contributed by atoms with E-state index in [0.717, 1.165) is 16.3 Å². The molecule has 0 bridgehead atoms. The second kappa shape index (κ2) is 22.7. The summed E-state index contributed by atoms with van der Waals surface area (Å²) >= 11 is 8.31. The molecule has 7 aromatic rings. The lowest BCUT2D eigenvalue weighted by Gasteiger charge is -2.17. The highest BCUT2D eigenvalue weighted by Gasteiger charge is 2.21. The van der Waals surface area contributed by atoms with Crippen molar-refractivity contribution in [2.45, 2.75) is 13.0 Å². The number of hydrazone groups is 1. The first-order valence-electron chi connectivity index (χ1n) is 20.3. The first-order chi connectivity index (χ1) is 32.5. The Hall–Kier alpha value is -7.29. The lowest BCUT2D eigenvalue weighted by molar-refractivity contribution is -0.137. The first-order valence-corrected chi connectivity index (χ1v) is 21.5. The van der Waals surface area contributed by atoms with Gasteiger partial charge in [-0.25, -0.2) is 37.1 Å². The van der Waals surface area contributed by atoms with Crippen molar-refractivity contribution >= 4 is 67.2 Å². The van der Waals surface area contributed by atoms with Gasteiger partial charge in [0, 0.05) is 36.1 Å². The van der Waals surface area contributed by atoms with E-state index in [1.807, 2.05) is 24.3 Å². The summed E-state index contributed by atoms with van der Waals surface area (Å²) < 4.78 is 93.5. The molecule has 1 heterocycles. The second-order valence-electron chi connectivity index (χ2n) is 14.2. The summed E-state index contributed by atoms with van der Waals surface area (Å²) in [6.45, 7) is 3.49. The molecule has 0 amide bonds. The van der Waals surface area contributed by atoms with Crippen LogP contribution in [0.3, 0.4) is 0 Å². The number of hydrogen-bond donors (Lipinski definition) is 0. The molecule has 0 N–H and O–H groups in total.